The Morgan fingerprint density at radius 1 is 1.42 bits per heavy atom. The Kier molecular flexibility index (Phi) is 4.31. The zero-order valence-corrected chi connectivity index (χ0v) is 12.4. The molecule has 0 aliphatic carbocycles. The van der Waals surface area contributed by atoms with Gasteiger partial charge in [0, 0.05) is 40.3 Å². The van der Waals surface area contributed by atoms with Crippen LogP contribution in [0.25, 0.3) is 0 Å². The van der Waals surface area contributed by atoms with E-state index in [-0.39, 0.29) is 10.6 Å². The van der Waals surface area contributed by atoms with Crippen molar-refractivity contribution < 1.29 is 4.92 Å². The van der Waals surface area contributed by atoms with Gasteiger partial charge < -0.3 is 5.32 Å². The van der Waals surface area contributed by atoms with E-state index in [1.54, 1.807) is 18.3 Å². The molecule has 0 bridgehead atoms. The summed E-state index contributed by atoms with van der Waals surface area (Å²) in [5, 5.41) is 13.9. The monoisotopic (exact) mass is 369 g/mol. The molecule has 0 radical (unpaired) electrons. The number of aryl methyl sites for hydroxylation is 1. The summed E-state index contributed by atoms with van der Waals surface area (Å²) >= 11 is 2.09. The Labute approximate surface area is 124 Å². The van der Waals surface area contributed by atoms with Crippen molar-refractivity contribution in [2.24, 2.45) is 0 Å². The predicted molar refractivity (Wildman–Crippen MR) is 82.1 cm³/mol. The van der Waals surface area contributed by atoms with Crippen molar-refractivity contribution in [3.8, 4) is 0 Å². The zero-order chi connectivity index (χ0) is 13.8. The molecule has 6 heteroatoms. The van der Waals surface area contributed by atoms with Gasteiger partial charge in [0.05, 0.1) is 4.92 Å². The molecule has 2 aromatic rings. The first-order chi connectivity index (χ1) is 9.08. The van der Waals surface area contributed by atoms with Gasteiger partial charge >= 0.3 is 0 Å². The van der Waals surface area contributed by atoms with E-state index in [1.807, 2.05) is 19.2 Å². The minimum Gasteiger partial charge on any atom is -0.380 e. The molecule has 0 saturated carbocycles. The van der Waals surface area contributed by atoms with Gasteiger partial charge in [-0.2, -0.15) is 0 Å². The average molecular weight is 369 g/mol. The molecule has 0 amide bonds. The number of nitrogens with zero attached hydrogens (tertiary/aromatic N) is 2. The highest BCUT2D eigenvalue weighted by Crippen LogP contribution is 2.24. The van der Waals surface area contributed by atoms with Crippen LogP contribution in [0.5, 0.6) is 0 Å². The number of hydrogen-bond donors (Lipinski definition) is 1. The van der Waals surface area contributed by atoms with Gasteiger partial charge in [-0.15, -0.1) is 0 Å². The van der Waals surface area contributed by atoms with Gasteiger partial charge in [-0.05, 0) is 52.8 Å². The van der Waals surface area contributed by atoms with Crippen LogP contribution in [0.4, 0.5) is 11.4 Å². The molecule has 0 spiro atoms. The molecule has 0 fully saturated rings. The Bertz CT molecular complexity index is 617. The van der Waals surface area contributed by atoms with Crippen molar-refractivity contribution in [3.05, 3.63) is 61.5 Å². The van der Waals surface area contributed by atoms with Gasteiger partial charge in [-0.3, -0.25) is 15.1 Å². The van der Waals surface area contributed by atoms with Crippen molar-refractivity contribution >= 4 is 34.0 Å². The second kappa shape index (κ2) is 5.96. The van der Waals surface area contributed by atoms with Crippen LogP contribution in [0.15, 0.2) is 36.7 Å². The second-order valence-electron chi connectivity index (χ2n) is 4.08. The minimum atomic E-state index is -0.390. The SMILES string of the molecule is Cc1cnccc1CNc1ccc([N+](=O)[O-])cc1I. The van der Waals surface area contributed by atoms with E-state index < -0.39 is 0 Å². The number of pyridine rings is 1. The molecule has 1 heterocycles. The highest BCUT2D eigenvalue weighted by molar-refractivity contribution is 14.1. The summed E-state index contributed by atoms with van der Waals surface area (Å²) in [5.74, 6) is 0. The van der Waals surface area contributed by atoms with Crippen LogP contribution in [0.1, 0.15) is 11.1 Å². The maximum atomic E-state index is 10.7. The second-order valence-corrected chi connectivity index (χ2v) is 5.24. The van der Waals surface area contributed by atoms with E-state index in [0.29, 0.717) is 6.54 Å². The third-order valence-electron chi connectivity index (χ3n) is 2.77. The molecule has 1 aromatic heterocycles. The third-order valence-corrected chi connectivity index (χ3v) is 3.66. The first kappa shape index (κ1) is 13.7. The highest BCUT2D eigenvalue weighted by atomic mass is 127. The first-order valence-corrected chi connectivity index (χ1v) is 6.73. The largest absolute Gasteiger partial charge is 0.380 e. The van der Waals surface area contributed by atoms with E-state index >= 15 is 0 Å². The van der Waals surface area contributed by atoms with Gasteiger partial charge in [-0.1, -0.05) is 0 Å². The molecule has 5 nitrogen and oxygen atoms in total. The van der Waals surface area contributed by atoms with Gasteiger partial charge in [-0.25, -0.2) is 0 Å². The molecular weight excluding hydrogens is 357 g/mol. The van der Waals surface area contributed by atoms with E-state index in [1.165, 1.54) is 6.07 Å². The summed E-state index contributed by atoms with van der Waals surface area (Å²) in [6.07, 6.45) is 3.57. The van der Waals surface area contributed by atoms with Crippen LogP contribution in [-0.4, -0.2) is 9.91 Å². The molecule has 98 valence electrons. The number of benzene rings is 1. The maximum Gasteiger partial charge on any atom is 0.270 e. The van der Waals surface area contributed by atoms with Crippen molar-refractivity contribution in [3.63, 3.8) is 0 Å². The smallest absolute Gasteiger partial charge is 0.270 e. The standard InChI is InChI=1S/C13H12IN3O2/c1-9-7-15-5-4-10(9)8-16-13-3-2-11(17(18)19)6-12(13)14/h2-7,16H,8H2,1H3. The summed E-state index contributed by atoms with van der Waals surface area (Å²) in [4.78, 5) is 14.3. The van der Waals surface area contributed by atoms with Gasteiger partial charge in [0.1, 0.15) is 0 Å². The molecule has 1 aromatic carbocycles. The van der Waals surface area contributed by atoms with Crippen LogP contribution in [-0.2, 0) is 6.54 Å². The number of aromatic nitrogens is 1. The van der Waals surface area contributed by atoms with Crippen molar-refractivity contribution in [2.45, 2.75) is 13.5 Å². The van der Waals surface area contributed by atoms with Gasteiger partial charge in [0.25, 0.3) is 5.69 Å². The number of nitro benzene ring substituents is 1. The summed E-state index contributed by atoms with van der Waals surface area (Å²) < 4.78 is 0.832. The Morgan fingerprint density at radius 3 is 2.84 bits per heavy atom. The number of hydrogen-bond acceptors (Lipinski definition) is 4. The van der Waals surface area contributed by atoms with Gasteiger partial charge in [0.2, 0.25) is 0 Å². The molecular formula is C13H12IN3O2. The topological polar surface area (TPSA) is 68.1 Å². The number of nitrogens with one attached hydrogen (secondary N) is 1. The molecule has 0 aliphatic rings. The zero-order valence-electron chi connectivity index (χ0n) is 10.3. The van der Waals surface area contributed by atoms with Crippen LogP contribution < -0.4 is 5.32 Å². The number of halogens is 1. The van der Waals surface area contributed by atoms with E-state index in [2.05, 4.69) is 32.9 Å². The quantitative estimate of drug-likeness (QED) is 0.509. The van der Waals surface area contributed by atoms with Crippen LogP contribution in [0, 0.1) is 20.6 Å². The fourth-order valence-electron chi connectivity index (χ4n) is 1.65. The fraction of sp³-hybridized carbons (Fsp3) is 0.154. The maximum absolute atomic E-state index is 10.7. The molecule has 0 atom stereocenters. The molecule has 0 saturated heterocycles. The van der Waals surface area contributed by atoms with E-state index in [9.17, 15) is 10.1 Å². The van der Waals surface area contributed by atoms with Crippen LogP contribution in [0.2, 0.25) is 0 Å². The lowest BCUT2D eigenvalue weighted by Crippen LogP contribution is -2.03. The van der Waals surface area contributed by atoms with Crippen molar-refractivity contribution in [2.75, 3.05) is 5.32 Å². The van der Waals surface area contributed by atoms with E-state index in [4.69, 9.17) is 0 Å². The van der Waals surface area contributed by atoms with Gasteiger partial charge in [0.15, 0.2) is 0 Å². The Hall–Kier alpha value is -1.70. The fourth-order valence-corrected chi connectivity index (χ4v) is 2.34. The lowest BCUT2D eigenvalue weighted by Gasteiger charge is -2.10. The molecule has 2 rings (SSSR count). The number of non-ortho nitro benzene ring substituents is 1. The van der Waals surface area contributed by atoms with Crippen LogP contribution in [0.3, 0.4) is 0 Å². The van der Waals surface area contributed by atoms with Crippen LogP contribution >= 0.6 is 22.6 Å². The lowest BCUT2D eigenvalue weighted by atomic mass is 10.1. The summed E-state index contributed by atoms with van der Waals surface area (Å²) in [6.45, 7) is 2.67. The summed E-state index contributed by atoms with van der Waals surface area (Å²) in [7, 11) is 0. The molecule has 0 aliphatic heterocycles. The Balaban J connectivity index is 2.12. The first-order valence-electron chi connectivity index (χ1n) is 5.65. The third kappa shape index (κ3) is 3.40. The molecule has 19 heavy (non-hydrogen) atoms. The summed E-state index contributed by atoms with van der Waals surface area (Å²) in [5.41, 5.74) is 3.27. The van der Waals surface area contributed by atoms with E-state index in [0.717, 1.165) is 20.4 Å². The predicted octanol–water partition coefficient (Wildman–Crippen LogP) is 3.51. The summed E-state index contributed by atoms with van der Waals surface area (Å²) in [6, 6.07) is 6.75. The van der Waals surface area contributed by atoms with Crippen molar-refractivity contribution in [1.82, 2.24) is 4.98 Å². The molecule has 1 N–H and O–H groups in total. The number of anilines is 1. The number of nitro groups is 1. The lowest BCUT2D eigenvalue weighted by molar-refractivity contribution is -0.384. The van der Waals surface area contributed by atoms with Crippen molar-refractivity contribution in [1.29, 1.82) is 0 Å². The average Bonchev–Trinajstić information content (AvgIpc) is 2.39. The normalized spacial score (nSPS) is 10.2. The Morgan fingerprint density at radius 2 is 2.21 bits per heavy atom. The molecule has 0 unspecified atom stereocenters. The minimum absolute atomic E-state index is 0.107. The number of rotatable bonds is 4. The highest BCUT2D eigenvalue weighted by Gasteiger charge is 2.08.